The van der Waals surface area contributed by atoms with Gasteiger partial charge in [-0.05, 0) is 61.3 Å². The van der Waals surface area contributed by atoms with E-state index in [2.05, 4.69) is 11.0 Å². The molecule has 6 heteroatoms. The zero-order chi connectivity index (χ0) is 22.5. The highest BCUT2D eigenvalue weighted by Crippen LogP contribution is 2.43. The molecule has 2 aromatic rings. The lowest BCUT2D eigenvalue weighted by Gasteiger charge is -2.39. The zero-order valence-electron chi connectivity index (χ0n) is 18.5. The van der Waals surface area contributed by atoms with Crippen molar-refractivity contribution in [3.8, 4) is 0 Å². The van der Waals surface area contributed by atoms with E-state index in [1.165, 1.54) is 18.4 Å². The lowest BCUT2D eigenvalue weighted by atomic mass is 9.84. The van der Waals surface area contributed by atoms with Gasteiger partial charge in [0.25, 0.3) is 0 Å². The number of rotatable bonds is 9. The number of hydrogen-bond donors (Lipinski definition) is 2. The first-order valence-corrected chi connectivity index (χ1v) is 11.6. The molecule has 170 valence electrons. The molecular weight excluding hydrogens is 402 g/mol. The van der Waals surface area contributed by atoms with Gasteiger partial charge in [-0.1, -0.05) is 42.5 Å². The fourth-order valence-corrected chi connectivity index (χ4v) is 5.50. The van der Waals surface area contributed by atoms with Crippen LogP contribution < -0.4 is 5.73 Å². The predicted octanol–water partition coefficient (Wildman–Crippen LogP) is 2.91. The number of aliphatic hydroxyl groups is 1. The van der Waals surface area contributed by atoms with Crippen LogP contribution in [-0.4, -0.2) is 58.5 Å². The quantitative estimate of drug-likeness (QED) is 0.634. The molecular formula is C26H33N3O3. The highest BCUT2D eigenvalue weighted by atomic mass is 16.3. The molecule has 0 aliphatic carbocycles. The first-order chi connectivity index (χ1) is 15.5. The number of primary amides is 1. The van der Waals surface area contributed by atoms with Crippen molar-refractivity contribution in [1.82, 2.24) is 9.80 Å². The summed E-state index contributed by atoms with van der Waals surface area (Å²) in [5.41, 5.74) is 8.36. The van der Waals surface area contributed by atoms with Crippen molar-refractivity contribution in [3.05, 3.63) is 71.3 Å². The molecule has 0 aromatic heterocycles. The van der Waals surface area contributed by atoms with Crippen LogP contribution in [0, 0.1) is 0 Å². The van der Waals surface area contributed by atoms with E-state index in [4.69, 9.17) is 5.73 Å². The molecule has 4 rings (SSSR count). The van der Waals surface area contributed by atoms with Gasteiger partial charge in [0, 0.05) is 37.3 Å². The van der Waals surface area contributed by atoms with Gasteiger partial charge in [0.15, 0.2) is 0 Å². The number of benzene rings is 2. The van der Waals surface area contributed by atoms with E-state index in [0.717, 1.165) is 31.4 Å². The number of piperidine rings is 1. The van der Waals surface area contributed by atoms with Gasteiger partial charge in [0.05, 0.1) is 0 Å². The Balaban J connectivity index is 1.33. The van der Waals surface area contributed by atoms with E-state index in [-0.39, 0.29) is 11.8 Å². The Morgan fingerprint density at radius 1 is 1.03 bits per heavy atom. The molecule has 6 nitrogen and oxygen atoms in total. The molecule has 0 radical (unpaired) electrons. The number of nitrogens with two attached hydrogens (primary N) is 1. The number of fused-ring (bicyclic) bond motifs is 2. The van der Waals surface area contributed by atoms with Crippen LogP contribution in [0.25, 0.3) is 0 Å². The van der Waals surface area contributed by atoms with Crippen LogP contribution in [0.1, 0.15) is 59.5 Å². The predicted molar refractivity (Wildman–Crippen MR) is 124 cm³/mol. The van der Waals surface area contributed by atoms with E-state index >= 15 is 0 Å². The molecule has 2 saturated heterocycles. The molecule has 3 atom stereocenters. The highest BCUT2D eigenvalue weighted by Gasteiger charge is 2.40. The minimum Gasteiger partial charge on any atom is -0.387 e. The van der Waals surface area contributed by atoms with E-state index in [0.29, 0.717) is 36.7 Å². The smallest absolute Gasteiger partial charge is 0.248 e. The lowest BCUT2D eigenvalue weighted by Crippen LogP contribution is -2.44. The fraction of sp³-hybridized carbons (Fsp3) is 0.462. The maximum atomic E-state index is 12.2. The summed E-state index contributed by atoms with van der Waals surface area (Å²) in [5.74, 6) is -0.122. The van der Waals surface area contributed by atoms with Crippen LogP contribution in [0.15, 0.2) is 54.6 Å². The first-order valence-electron chi connectivity index (χ1n) is 11.6. The standard InChI is InChI=1S/C26H33N3O3/c27-26(32)21-9-4-8-20(14-21)22-15-23-10-11-24(16-22)29(23)13-5-12-28(25(31)18-30)17-19-6-2-1-3-7-19/h1-4,6-9,14,22-24,30H,5,10-13,15-18H2,(H2,27,32)/t22-,23+,24-. The van der Waals surface area contributed by atoms with Gasteiger partial charge in [-0.3, -0.25) is 14.5 Å². The molecule has 0 spiro atoms. The van der Waals surface area contributed by atoms with Crippen LogP contribution in [0.2, 0.25) is 0 Å². The molecule has 2 aliphatic heterocycles. The Labute approximate surface area is 190 Å². The maximum Gasteiger partial charge on any atom is 0.248 e. The van der Waals surface area contributed by atoms with Gasteiger partial charge in [-0.25, -0.2) is 0 Å². The Hall–Kier alpha value is -2.70. The summed E-state index contributed by atoms with van der Waals surface area (Å²) in [5, 5.41) is 9.39. The summed E-state index contributed by atoms with van der Waals surface area (Å²) in [6.07, 6.45) is 5.51. The van der Waals surface area contributed by atoms with Gasteiger partial charge < -0.3 is 15.7 Å². The largest absolute Gasteiger partial charge is 0.387 e. The Morgan fingerprint density at radius 2 is 1.75 bits per heavy atom. The molecule has 0 saturated carbocycles. The normalized spacial score (nSPS) is 22.6. The summed E-state index contributed by atoms with van der Waals surface area (Å²) in [6.45, 7) is 1.70. The van der Waals surface area contributed by atoms with Crippen molar-refractivity contribution < 1.29 is 14.7 Å². The van der Waals surface area contributed by atoms with E-state index in [1.54, 1.807) is 11.0 Å². The summed E-state index contributed by atoms with van der Waals surface area (Å²) >= 11 is 0. The van der Waals surface area contributed by atoms with Gasteiger partial charge in [-0.15, -0.1) is 0 Å². The van der Waals surface area contributed by atoms with Crippen LogP contribution in [-0.2, 0) is 11.3 Å². The van der Waals surface area contributed by atoms with Crippen molar-refractivity contribution in [3.63, 3.8) is 0 Å². The maximum absolute atomic E-state index is 12.2. The molecule has 2 aliphatic rings. The van der Waals surface area contributed by atoms with E-state index < -0.39 is 6.61 Å². The van der Waals surface area contributed by atoms with Crippen LogP contribution in [0.5, 0.6) is 0 Å². The average molecular weight is 436 g/mol. The van der Waals surface area contributed by atoms with Crippen molar-refractivity contribution >= 4 is 11.8 Å². The number of hydrogen-bond acceptors (Lipinski definition) is 4. The third kappa shape index (κ3) is 5.19. The van der Waals surface area contributed by atoms with Crippen molar-refractivity contribution in [2.75, 3.05) is 19.7 Å². The number of carbonyl (C=O) groups is 2. The van der Waals surface area contributed by atoms with Gasteiger partial charge >= 0.3 is 0 Å². The molecule has 2 fully saturated rings. The topological polar surface area (TPSA) is 86.9 Å². The molecule has 3 N–H and O–H groups in total. The summed E-state index contributed by atoms with van der Waals surface area (Å²) in [6, 6.07) is 18.8. The highest BCUT2D eigenvalue weighted by molar-refractivity contribution is 5.92. The molecule has 2 amide bonds. The van der Waals surface area contributed by atoms with Crippen LogP contribution in [0.4, 0.5) is 0 Å². The van der Waals surface area contributed by atoms with Gasteiger partial charge in [0.1, 0.15) is 6.61 Å². The molecule has 0 unspecified atom stereocenters. The number of carbonyl (C=O) groups excluding carboxylic acids is 2. The third-order valence-electron chi connectivity index (χ3n) is 7.08. The Morgan fingerprint density at radius 3 is 2.41 bits per heavy atom. The van der Waals surface area contributed by atoms with Crippen molar-refractivity contribution in [2.45, 2.75) is 56.7 Å². The SMILES string of the molecule is NC(=O)c1cccc([C@H]2C[C@H]3CC[C@@H](C2)N3CCCN(Cc2ccccc2)C(=O)CO)c1. The third-order valence-corrected chi connectivity index (χ3v) is 7.08. The second-order valence-electron chi connectivity index (χ2n) is 9.09. The average Bonchev–Trinajstić information content (AvgIpc) is 3.05. The number of aliphatic hydroxyl groups excluding tert-OH is 1. The minimum atomic E-state index is -0.451. The fourth-order valence-electron chi connectivity index (χ4n) is 5.50. The summed E-state index contributed by atoms with van der Waals surface area (Å²) < 4.78 is 0. The second-order valence-corrected chi connectivity index (χ2v) is 9.09. The van der Waals surface area contributed by atoms with E-state index in [9.17, 15) is 14.7 Å². The molecule has 32 heavy (non-hydrogen) atoms. The Kier molecular flexibility index (Phi) is 7.22. The zero-order valence-corrected chi connectivity index (χ0v) is 18.5. The Bertz CT molecular complexity index is 919. The first kappa shape index (κ1) is 22.5. The van der Waals surface area contributed by atoms with Gasteiger partial charge in [-0.2, -0.15) is 0 Å². The van der Waals surface area contributed by atoms with Gasteiger partial charge in [0.2, 0.25) is 11.8 Å². The van der Waals surface area contributed by atoms with Crippen LogP contribution in [0.3, 0.4) is 0 Å². The van der Waals surface area contributed by atoms with Crippen LogP contribution >= 0.6 is 0 Å². The number of nitrogens with zero attached hydrogens (tertiary/aromatic N) is 2. The summed E-state index contributed by atoms with van der Waals surface area (Å²) in [4.78, 5) is 28.2. The number of amides is 2. The monoisotopic (exact) mass is 435 g/mol. The second kappa shape index (κ2) is 10.3. The lowest BCUT2D eigenvalue weighted by molar-refractivity contribution is -0.134. The van der Waals surface area contributed by atoms with E-state index in [1.807, 2.05) is 42.5 Å². The molecule has 2 heterocycles. The summed E-state index contributed by atoms with van der Waals surface area (Å²) in [7, 11) is 0. The van der Waals surface area contributed by atoms with Crippen molar-refractivity contribution in [2.24, 2.45) is 5.73 Å². The van der Waals surface area contributed by atoms with Crippen molar-refractivity contribution in [1.29, 1.82) is 0 Å². The minimum absolute atomic E-state index is 0.218. The molecule has 2 bridgehead atoms. The molecule has 2 aromatic carbocycles.